The van der Waals surface area contributed by atoms with Crippen LogP contribution in [-0.4, -0.2) is 43.9 Å². The minimum atomic E-state index is -0.508. The molecule has 9 heteroatoms. The summed E-state index contributed by atoms with van der Waals surface area (Å²) in [4.78, 5) is 38.1. The third-order valence-corrected chi connectivity index (χ3v) is 7.40. The van der Waals surface area contributed by atoms with Crippen LogP contribution < -0.4 is 16.6 Å². The highest BCUT2D eigenvalue weighted by atomic mass is 32.2. The zero-order valence-corrected chi connectivity index (χ0v) is 18.7. The van der Waals surface area contributed by atoms with E-state index in [2.05, 4.69) is 10.2 Å². The van der Waals surface area contributed by atoms with Crippen molar-refractivity contribution in [3.8, 4) is 0 Å². The van der Waals surface area contributed by atoms with E-state index in [1.807, 2.05) is 23.6 Å². The number of pyridine rings is 1. The number of carbonyl (C=O) groups is 2. The largest absolute Gasteiger partial charge is 0.366 e. The molecule has 2 bridgehead atoms. The fourth-order valence-electron chi connectivity index (χ4n) is 4.29. The van der Waals surface area contributed by atoms with Crippen LogP contribution in [0.3, 0.4) is 0 Å². The van der Waals surface area contributed by atoms with E-state index in [-0.39, 0.29) is 22.6 Å². The molecule has 3 N–H and O–H groups in total. The number of thioether (sulfide) groups is 1. The van der Waals surface area contributed by atoms with Crippen molar-refractivity contribution in [1.82, 2.24) is 9.47 Å². The Morgan fingerprint density at radius 2 is 1.90 bits per heavy atom. The fourth-order valence-corrected chi connectivity index (χ4v) is 5.64. The zero-order valence-electron chi connectivity index (χ0n) is 17.1. The molecule has 2 aliphatic heterocycles. The molecule has 31 heavy (non-hydrogen) atoms. The summed E-state index contributed by atoms with van der Waals surface area (Å²) in [5, 5.41) is 2.47. The highest BCUT2D eigenvalue weighted by Crippen LogP contribution is 2.36. The van der Waals surface area contributed by atoms with Crippen molar-refractivity contribution in [3.05, 3.63) is 64.1 Å². The van der Waals surface area contributed by atoms with Gasteiger partial charge in [0, 0.05) is 48.6 Å². The van der Waals surface area contributed by atoms with Crippen LogP contribution in [0.4, 0.5) is 5.69 Å². The number of nitrogens with two attached hydrogens (primary N) is 1. The number of rotatable bonds is 4. The van der Waals surface area contributed by atoms with Crippen LogP contribution >= 0.6 is 24.0 Å². The number of hydrogen-bond donors (Lipinski definition) is 2. The van der Waals surface area contributed by atoms with Crippen LogP contribution in [0.2, 0.25) is 0 Å². The van der Waals surface area contributed by atoms with Gasteiger partial charge in [-0.3, -0.25) is 14.4 Å². The molecule has 3 atom stereocenters. The number of nitrogens with one attached hydrogen (secondary N) is 1. The van der Waals surface area contributed by atoms with Crippen LogP contribution in [0, 0.1) is 5.92 Å². The summed E-state index contributed by atoms with van der Waals surface area (Å²) in [5.74, 6) is -0.0233. The molecular formula is C22H24N4O3S2. The predicted molar refractivity (Wildman–Crippen MR) is 126 cm³/mol. The Hall–Kier alpha value is -2.65. The number of primary amides is 1. The average Bonchev–Trinajstić information content (AvgIpc) is 2.74. The normalized spacial score (nSPS) is 20.5. The molecule has 162 valence electrons. The molecule has 3 heterocycles. The zero-order chi connectivity index (χ0) is 22.1. The molecule has 1 aromatic heterocycles. The Balaban J connectivity index is 1.36. The molecule has 0 aliphatic carbocycles. The first-order chi connectivity index (χ1) is 14.8. The Bertz CT molecular complexity index is 1080. The van der Waals surface area contributed by atoms with E-state index in [1.54, 1.807) is 30.3 Å². The number of carbonyl (C=O) groups excluding carboxylic acids is 2. The van der Waals surface area contributed by atoms with E-state index in [0.29, 0.717) is 28.0 Å². The number of piperidine rings is 1. The van der Waals surface area contributed by atoms with E-state index >= 15 is 0 Å². The third kappa shape index (κ3) is 4.67. The minimum Gasteiger partial charge on any atom is -0.366 e. The van der Waals surface area contributed by atoms with Gasteiger partial charge in [-0.05, 0) is 49.6 Å². The van der Waals surface area contributed by atoms with Crippen LogP contribution in [0.1, 0.15) is 35.3 Å². The molecule has 3 unspecified atom stereocenters. The second kappa shape index (κ2) is 8.84. The quantitative estimate of drug-likeness (QED) is 0.686. The second-order valence-electron chi connectivity index (χ2n) is 8.06. The lowest BCUT2D eigenvalue weighted by atomic mass is 9.83. The molecule has 2 aromatic rings. The van der Waals surface area contributed by atoms with Crippen LogP contribution in [-0.2, 0) is 11.3 Å². The highest BCUT2D eigenvalue weighted by molar-refractivity contribution is 8.23. The number of anilines is 1. The first-order valence-corrected chi connectivity index (χ1v) is 11.5. The van der Waals surface area contributed by atoms with Gasteiger partial charge in [0.1, 0.15) is 4.32 Å². The van der Waals surface area contributed by atoms with E-state index in [1.165, 1.54) is 11.8 Å². The number of thiocarbonyl (C=S) groups is 1. The molecule has 1 saturated heterocycles. The summed E-state index contributed by atoms with van der Waals surface area (Å²) < 4.78 is 2.60. The molecule has 0 radical (unpaired) electrons. The summed E-state index contributed by atoms with van der Waals surface area (Å²) in [5.41, 5.74) is 7.37. The number of fused-ring (bicyclic) bond motifs is 4. The number of amides is 2. The molecule has 1 aromatic carbocycles. The number of nitrogens with zero attached hydrogens (tertiary/aromatic N) is 2. The third-order valence-electron chi connectivity index (χ3n) is 5.82. The number of hydrogen-bond acceptors (Lipinski definition) is 5. The predicted octanol–water partition coefficient (Wildman–Crippen LogP) is 2.41. The van der Waals surface area contributed by atoms with E-state index in [0.717, 1.165) is 25.2 Å². The van der Waals surface area contributed by atoms with Crippen LogP contribution in [0.15, 0.2) is 47.3 Å². The molecule has 2 aliphatic rings. The lowest BCUT2D eigenvalue weighted by Crippen LogP contribution is -2.48. The van der Waals surface area contributed by atoms with Gasteiger partial charge >= 0.3 is 0 Å². The lowest BCUT2D eigenvalue weighted by molar-refractivity contribution is -0.115. The van der Waals surface area contributed by atoms with Gasteiger partial charge in [0.05, 0.1) is 5.25 Å². The van der Waals surface area contributed by atoms with Gasteiger partial charge in [-0.15, -0.1) is 0 Å². The summed E-state index contributed by atoms with van der Waals surface area (Å²) >= 11 is 7.04. The maximum Gasteiger partial charge on any atom is 0.250 e. The lowest BCUT2D eigenvalue weighted by Gasteiger charge is -2.43. The number of benzene rings is 1. The van der Waals surface area contributed by atoms with Crippen LogP contribution in [0.25, 0.3) is 0 Å². The smallest absolute Gasteiger partial charge is 0.250 e. The van der Waals surface area contributed by atoms with Gasteiger partial charge in [0.25, 0.3) is 5.56 Å². The maximum absolute atomic E-state index is 12.6. The van der Waals surface area contributed by atoms with Crippen molar-refractivity contribution in [2.45, 2.75) is 31.1 Å². The second-order valence-corrected chi connectivity index (χ2v) is 10.0. The molecule has 0 saturated carbocycles. The van der Waals surface area contributed by atoms with Crippen molar-refractivity contribution in [3.63, 3.8) is 0 Å². The minimum absolute atomic E-state index is 0.0618. The summed E-state index contributed by atoms with van der Waals surface area (Å²) in [6, 6.07) is 11.9. The molecule has 7 nitrogen and oxygen atoms in total. The highest BCUT2D eigenvalue weighted by Gasteiger charge is 2.35. The molecule has 4 rings (SSSR count). The van der Waals surface area contributed by atoms with Crippen LogP contribution in [0.5, 0.6) is 0 Å². The average molecular weight is 457 g/mol. The van der Waals surface area contributed by atoms with E-state index < -0.39 is 5.91 Å². The van der Waals surface area contributed by atoms with E-state index in [4.69, 9.17) is 18.0 Å². The van der Waals surface area contributed by atoms with E-state index in [9.17, 15) is 14.4 Å². The van der Waals surface area contributed by atoms with Gasteiger partial charge in [0.2, 0.25) is 11.8 Å². The van der Waals surface area contributed by atoms with Crippen molar-refractivity contribution in [2.24, 2.45) is 11.7 Å². The van der Waals surface area contributed by atoms with Gasteiger partial charge in [-0.25, -0.2) is 0 Å². The van der Waals surface area contributed by atoms with Crippen molar-refractivity contribution < 1.29 is 9.59 Å². The standard InChI is InChI=1S/C22H24N4O3S2/c1-13(21(29)24-17-7-5-15(6-8-17)20(23)28)31-22(30)25-10-14-9-16(12-25)18-3-2-4-19(27)26(18)11-14/h2-8,13-14,16H,9-12H2,1H3,(H2,23,28)(H,24,29). The summed E-state index contributed by atoms with van der Waals surface area (Å²) in [7, 11) is 0. The Morgan fingerprint density at radius 1 is 1.16 bits per heavy atom. The number of likely N-dealkylation sites (tertiary alicyclic amines) is 1. The molecule has 1 fully saturated rings. The molecular weight excluding hydrogens is 432 g/mol. The van der Waals surface area contributed by atoms with Crippen molar-refractivity contribution in [2.75, 3.05) is 18.4 Å². The Kier molecular flexibility index (Phi) is 6.15. The SMILES string of the molecule is CC(SC(=S)N1CC2CC(C1)c1cccc(=O)n1C2)C(=O)Nc1ccc(C(N)=O)cc1. The first-order valence-electron chi connectivity index (χ1n) is 10.2. The Morgan fingerprint density at radius 3 is 2.61 bits per heavy atom. The van der Waals surface area contributed by atoms with Gasteiger partial charge < -0.3 is 20.5 Å². The van der Waals surface area contributed by atoms with Gasteiger partial charge in [-0.1, -0.05) is 30.0 Å². The summed E-state index contributed by atoms with van der Waals surface area (Å²) in [6.07, 6.45) is 1.06. The Labute approximate surface area is 190 Å². The fraction of sp³-hybridized carbons (Fsp3) is 0.364. The van der Waals surface area contributed by atoms with Gasteiger partial charge in [0.15, 0.2) is 0 Å². The monoisotopic (exact) mass is 456 g/mol. The van der Waals surface area contributed by atoms with Crippen molar-refractivity contribution in [1.29, 1.82) is 0 Å². The van der Waals surface area contributed by atoms with Crippen molar-refractivity contribution >= 4 is 45.8 Å². The topological polar surface area (TPSA) is 97.4 Å². The molecule has 0 spiro atoms. The first kappa shape index (κ1) is 21.6. The summed E-state index contributed by atoms with van der Waals surface area (Å²) in [6.45, 7) is 4.09. The number of aromatic nitrogens is 1. The van der Waals surface area contributed by atoms with Gasteiger partial charge in [-0.2, -0.15) is 0 Å². The maximum atomic E-state index is 12.6. The molecule has 2 amide bonds.